The molecule has 2 N–H and O–H groups in total. The average Bonchev–Trinajstić information content (AvgIpc) is 2.50. The van der Waals surface area contributed by atoms with Crippen LogP contribution in [0.2, 0.25) is 0 Å². The predicted molar refractivity (Wildman–Crippen MR) is 86.3 cm³/mol. The highest BCUT2D eigenvalue weighted by Gasteiger charge is 2.27. The Hall–Kier alpha value is -2.63. The van der Waals surface area contributed by atoms with Crippen LogP contribution in [0.4, 0.5) is 14.5 Å². The second kappa shape index (κ2) is 5.53. The van der Waals surface area contributed by atoms with Gasteiger partial charge >= 0.3 is 0 Å². The molecule has 2 aromatic rings. The maximum Gasteiger partial charge on any atom is 0.148 e. The first-order chi connectivity index (χ1) is 10.9. The topological polar surface area (TPSA) is 63.8 Å². The lowest BCUT2D eigenvalue weighted by Gasteiger charge is -2.31. The molecular formula is C17H16F2N4. The van der Waals surface area contributed by atoms with Gasteiger partial charge in [-0.15, -0.1) is 0 Å². The zero-order valence-corrected chi connectivity index (χ0v) is 12.9. The SMILES string of the molecule is CC(=N)N1C(=N)CCc2cc(-c3cncc(F)c3C)cc(F)c21. The van der Waals surface area contributed by atoms with Gasteiger partial charge in [-0.3, -0.25) is 20.7 Å². The second-order valence-corrected chi connectivity index (χ2v) is 5.63. The molecule has 23 heavy (non-hydrogen) atoms. The fraction of sp³-hybridized carbons (Fsp3) is 0.235. The third kappa shape index (κ3) is 2.50. The van der Waals surface area contributed by atoms with E-state index in [-0.39, 0.29) is 17.4 Å². The van der Waals surface area contributed by atoms with Crippen molar-refractivity contribution in [3.63, 3.8) is 0 Å². The van der Waals surface area contributed by atoms with Gasteiger partial charge in [0.2, 0.25) is 0 Å². The quantitative estimate of drug-likeness (QED) is 0.616. The van der Waals surface area contributed by atoms with E-state index in [0.717, 1.165) is 6.20 Å². The molecule has 0 saturated heterocycles. The van der Waals surface area contributed by atoms with Gasteiger partial charge in [0.25, 0.3) is 0 Å². The molecular weight excluding hydrogens is 298 g/mol. The van der Waals surface area contributed by atoms with Crippen LogP contribution in [0.15, 0.2) is 24.5 Å². The van der Waals surface area contributed by atoms with Crippen molar-refractivity contribution in [2.24, 2.45) is 0 Å². The number of nitrogens with one attached hydrogen (secondary N) is 2. The molecule has 3 rings (SSSR count). The fourth-order valence-corrected chi connectivity index (χ4v) is 2.91. The molecule has 0 atom stereocenters. The van der Waals surface area contributed by atoms with Crippen molar-refractivity contribution in [3.8, 4) is 11.1 Å². The summed E-state index contributed by atoms with van der Waals surface area (Å²) in [6, 6.07) is 3.11. The van der Waals surface area contributed by atoms with Crippen molar-refractivity contribution < 1.29 is 8.78 Å². The molecule has 4 nitrogen and oxygen atoms in total. The molecule has 0 bridgehead atoms. The van der Waals surface area contributed by atoms with Crippen LogP contribution in [-0.4, -0.2) is 16.7 Å². The van der Waals surface area contributed by atoms with Crippen molar-refractivity contribution in [3.05, 3.63) is 47.3 Å². The largest absolute Gasteiger partial charge is 0.288 e. The highest BCUT2D eigenvalue weighted by Crippen LogP contribution is 2.36. The van der Waals surface area contributed by atoms with E-state index in [1.54, 1.807) is 13.0 Å². The highest BCUT2D eigenvalue weighted by atomic mass is 19.1. The van der Waals surface area contributed by atoms with Crippen molar-refractivity contribution >= 4 is 17.4 Å². The molecule has 0 aliphatic carbocycles. The molecule has 6 heteroatoms. The van der Waals surface area contributed by atoms with Gasteiger partial charge in [-0.25, -0.2) is 8.78 Å². The Bertz CT molecular complexity index is 830. The monoisotopic (exact) mass is 314 g/mol. The molecule has 1 aromatic carbocycles. The number of hydrogen-bond acceptors (Lipinski definition) is 3. The normalized spacial score (nSPS) is 13.9. The van der Waals surface area contributed by atoms with E-state index in [0.29, 0.717) is 35.1 Å². The van der Waals surface area contributed by atoms with Crippen LogP contribution in [0.3, 0.4) is 0 Å². The van der Waals surface area contributed by atoms with Crippen molar-refractivity contribution in [2.75, 3.05) is 4.90 Å². The van der Waals surface area contributed by atoms with E-state index < -0.39 is 11.6 Å². The molecule has 0 amide bonds. The second-order valence-electron chi connectivity index (χ2n) is 5.63. The summed E-state index contributed by atoms with van der Waals surface area (Å²) in [4.78, 5) is 5.16. The first kappa shape index (κ1) is 15.3. The number of halogens is 2. The van der Waals surface area contributed by atoms with Crippen LogP contribution in [0, 0.1) is 29.4 Å². The summed E-state index contributed by atoms with van der Waals surface area (Å²) < 4.78 is 28.4. The first-order valence-electron chi connectivity index (χ1n) is 7.25. The van der Waals surface area contributed by atoms with E-state index in [4.69, 9.17) is 10.8 Å². The summed E-state index contributed by atoms with van der Waals surface area (Å²) in [5.41, 5.74) is 2.49. The number of amidine groups is 2. The fourth-order valence-electron chi connectivity index (χ4n) is 2.91. The van der Waals surface area contributed by atoms with E-state index in [2.05, 4.69) is 4.98 Å². The zero-order chi connectivity index (χ0) is 16.7. The third-order valence-electron chi connectivity index (χ3n) is 4.07. The highest BCUT2D eigenvalue weighted by molar-refractivity contribution is 6.17. The van der Waals surface area contributed by atoms with E-state index in [1.165, 1.54) is 24.1 Å². The third-order valence-corrected chi connectivity index (χ3v) is 4.07. The number of anilines is 1. The van der Waals surface area contributed by atoms with Gasteiger partial charge in [-0.05, 0) is 49.1 Å². The minimum absolute atomic E-state index is 0.103. The first-order valence-corrected chi connectivity index (χ1v) is 7.25. The van der Waals surface area contributed by atoms with E-state index in [9.17, 15) is 8.78 Å². The Labute approximate surface area is 132 Å². The van der Waals surface area contributed by atoms with E-state index >= 15 is 0 Å². The van der Waals surface area contributed by atoms with Crippen molar-refractivity contribution in [2.45, 2.75) is 26.7 Å². The molecule has 1 aliphatic heterocycles. The summed E-state index contributed by atoms with van der Waals surface area (Å²) in [7, 11) is 0. The van der Waals surface area contributed by atoms with Crippen LogP contribution in [-0.2, 0) is 6.42 Å². The maximum absolute atomic E-state index is 14.7. The Balaban J connectivity index is 2.19. The Morgan fingerprint density at radius 1 is 1.17 bits per heavy atom. The predicted octanol–water partition coefficient (Wildman–Crippen LogP) is 4.06. The molecule has 118 valence electrons. The summed E-state index contributed by atoms with van der Waals surface area (Å²) in [6.45, 7) is 3.16. The number of benzene rings is 1. The zero-order valence-electron chi connectivity index (χ0n) is 12.9. The van der Waals surface area contributed by atoms with Crippen molar-refractivity contribution in [1.82, 2.24) is 4.98 Å². The van der Waals surface area contributed by atoms with Gasteiger partial charge in [-0.1, -0.05) is 0 Å². The van der Waals surface area contributed by atoms with Gasteiger partial charge in [0, 0.05) is 18.2 Å². The van der Waals surface area contributed by atoms with E-state index in [1.807, 2.05) is 0 Å². The number of fused-ring (bicyclic) bond motifs is 1. The van der Waals surface area contributed by atoms with Crippen LogP contribution >= 0.6 is 0 Å². The van der Waals surface area contributed by atoms with Gasteiger partial charge in [-0.2, -0.15) is 0 Å². The Morgan fingerprint density at radius 3 is 2.61 bits per heavy atom. The lowest BCUT2D eigenvalue weighted by molar-refractivity contribution is 0.612. The van der Waals surface area contributed by atoms with Crippen LogP contribution in [0.1, 0.15) is 24.5 Å². The molecule has 1 aliphatic rings. The summed E-state index contributed by atoms with van der Waals surface area (Å²) in [5, 5.41) is 15.7. The van der Waals surface area contributed by atoms with Gasteiger partial charge < -0.3 is 0 Å². The lowest BCUT2D eigenvalue weighted by Crippen LogP contribution is -2.38. The standard InChI is InChI=1S/C17H16F2N4/c1-9-13(7-22-8-15(9)19)12-5-11-3-4-16(21)23(10(2)20)17(11)14(18)6-12/h5-8,20-21H,3-4H2,1-2H3. The van der Waals surface area contributed by atoms with Crippen molar-refractivity contribution in [1.29, 1.82) is 10.8 Å². The lowest BCUT2D eigenvalue weighted by atomic mass is 9.94. The molecule has 0 unspecified atom stereocenters. The van der Waals surface area contributed by atoms with Crippen LogP contribution in [0.25, 0.3) is 11.1 Å². The summed E-state index contributed by atoms with van der Waals surface area (Å²) in [5.74, 6) is -0.636. The summed E-state index contributed by atoms with van der Waals surface area (Å²) in [6.07, 6.45) is 3.61. The minimum Gasteiger partial charge on any atom is -0.288 e. The van der Waals surface area contributed by atoms with Gasteiger partial charge in [0.15, 0.2) is 0 Å². The number of pyridine rings is 1. The van der Waals surface area contributed by atoms with Crippen LogP contribution < -0.4 is 4.90 Å². The molecule has 0 fully saturated rings. The minimum atomic E-state index is -0.516. The Morgan fingerprint density at radius 2 is 1.91 bits per heavy atom. The summed E-state index contributed by atoms with van der Waals surface area (Å²) >= 11 is 0. The number of nitrogens with zero attached hydrogens (tertiary/aromatic N) is 2. The molecule has 1 aromatic heterocycles. The maximum atomic E-state index is 14.7. The number of hydrogen-bond donors (Lipinski definition) is 2. The molecule has 0 radical (unpaired) electrons. The number of rotatable bonds is 1. The van der Waals surface area contributed by atoms with Crippen LogP contribution in [0.5, 0.6) is 0 Å². The van der Waals surface area contributed by atoms with Gasteiger partial charge in [0.05, 0.1) is 11.9 Å². The molecule has 0 spiro atoms. The number of aryl methyl sites for hydroxylation is 1. The average molecular weight is 314 g/mol. The number of aromatic nitrogens is 1. The van der Waals surface area contributed by atoms with Gasteiger partial charge in [0.1, 0.15) is 23.3 Å². The molecule has 2 heterocycles. The molecule has 0 saturated carbocycles. The Kier molecular flexibility index (Phi) is 3.67. The smallest absolute Gasteiger partial charge is 0.148 e.